The molecule has 0 radical (unpaired) electrons. The van der Waals surface area contributed by atoms with Crippen molar-refractivity contribution in [1.29, 1.82) is 0 Å². The minimum Gasteiger partial charge on any atom is -0.464 e. The second-order valence-electron chi connectivity index (χ2n) is 7.69. The summed E-state index contributed by atoms with van der Waals surface area (Å²) in [7, 11) is 0. The van der Waals surface area contributed by atoms with Crippen LogP contribution in [0.4, 0.5) is 0 Å². The summed E-state index contributed by atoms with van der Waals surface area (Å²) in [5.41, 5.74) is -0.188. The number of ketones is 2. The van der Waals surface area contributed by atoms with Gasteiger partial charge in [-0.25, -0.2) is 0 Å². The fourth-order valence-electron chi connectivity index (χ4n) is 4.17. The summed E-state index contributed by atoms with van der Waals surface area (Å²) in [5.74, 6) is -1.01. The van der Waals surface area contributed by atoms with Gasteiger partial charge in [0, 0.05) is 30.6 Å². The molecule has 0 saturated carbocycles. The van der Waals surface area contributed by atoms with Crippen LogP contribution in [0.1, 0.15) is 39.1 Å². The molecule has 156 valence electrons. The molecule has 0 spiro atoms. The van der Waals surface area contributed by atoms with Gasteiger partial charge < -0.3 is 9.47 Å². The van der Waals surface area contributed by atoms with Crippen LogP contribution in [0.5, 0.6) is 0 Å². The van der Waals surface area contributed by atoms with Crippen molar-refractivity contribution in [2.45, 2.75) is 18.3 Å². The predicted molar refractivity (Wildman–Crippen MR) is 111 cm³/mol. The molecule has 2 aliphatic rings. The molecule has 1 saturated heterocycles. The molecule has 0 amide bonds. The van der Waals surface area contributed by atoms with Gasteiger partial charge in [-0.15, -0.1) is 0 Å². The number of fused-ring (bicyclic) bond motifs is 1. The average molecular weight is 407 g/mol. The number of hydrogen-bond donors (Lipinski definition) is 0. The number of hydrogen-bond acceptors (Lipinski definition) is 6. The molecule has 0 N–H and O–H groups in total. The van der Waals surface area contributed by atoms with Crippen molar-refractivity contribution in [3.8, 4) is 0 Å². The van der Waals surface area contributed by atoms with Gasteiger partial charge in [0.25, 0.3) is 0 Å². The largest absolute Gasteiger partial charge is 0.464 e. The molecule has 0 atom stereocenters. The molecule has 1 heterocycles. The molecular weight excluding hydrogens is 382 g/mol. The van der Waals surface area contributed by atoms with Crippen molar-refractivity contribution in [3.63, 3.8) is 0 Å². The topological polar surface area (TPSA) is 72.9 Å². The second kappa shape index (κ2) is 8.90. The zero-order valence-corrected chi connectivity index (χ0v) is 16.8. The van der Waals surface area contributed by atoms with Crippen LogP contribution in [0.2, 0.25) is 0 Å². The smallest absolute Gasteiger partial charge is 0.305 e. The summed E-state index contributed by atoms with van der Waals surface area (Å²) in [5, 5.41) is 0. The quantitative estimate of drug-likeness (QED) is 0.519. The van der Waals surface area contributed by atoms with E-state index in [1.807, 2.05) is 6.07 Å². The highest BCUT2D eigenvalue weighted by Crippen LogP contribution is 2.40. The zero-order valence-electron chi connectivity index (χ0n) is 16.8. The number of morpholine rings is 1. The van der Waals surface area contributed by atoms with Crippen molar-refractivity contribution in [3.05, 3.63) is 71.3 Å². The van der Waals surface area contributed by atoms with Gasteiger partial charge in [-0.2, -0.15) is 0 Å². The summed E-state index contributed by atoms with van der Waals surface area (Å²) in [6, 6.07) is 15.7. The number of carbonyl (C=O) groups excluding carboxylic acids is 3. The highest BCUT2D eigenvalue weighted by atomic mass is 16.5. The van der Waals surface area contributed by atoms with Gasteiger partial charge in [-0.1, -0.05) is 54.6 Å². The first-order valence-corrected chi connectivity index (χ1v) is 10.3. The van der Waals surface area contributed by atoms with Gasteiger partial charge >= 0.3 is 5.97 Å². The van der Waals surface area contributed by atoms with Crippen LogP contribution < -0.4 is 0 Å². The molecule has 0 aromatic heterocycles. The summed E-state index contributed by atoms with van der Waals surface area (Å²) >= 11 is 0. The van der Waals surface area contributed by atoms with E-state index in [2.05, 4.69) is 4.90 Å². The number of Topliss-reactive ketones (excluding diaryl/α,β-unsaturated/α-hetero) is 2. The van der Waals surface area contributed by atoms with Crippen LogP contribution in [-0.4, -0.2) is 61.9 Å². The van der Waals surface area contributed by atoms with Gasteiger partial charge in [-0.3, -0.25) is 19.3 Å². The van der Waals surface area contributed by atoms with E-state index < -0.39 is 11.4 Å². The first kappa shape index (κ1) is 20.4. The Bertz CT molecular complexity index is 899. The Labute approximate surface area is 175 Å². The molecule has 0 bridgehead atoms. The van der Waals surface area contributed by atoms with E-state index in [1.165, 1.54) is 0 Å². The van der Waals surface area contributed by atoms with E-state index in [1.54, 1.807) is 48.5 Å². The third-order valence-electron chi connectivity index (χ3n) is 5.87. The molecule has 6 nitrogen and oxygen atoms in total. The van der Waals surface area contributed by atoms with Gasteiger partial charge in [0.2, 0.25) is 0 Å². The predicted octanol–water partition coefficient (Wildman–Crippen LogP) is 2.66. The van der Waals surface area contributed by atoms with Crippen LogP contribution in [0.15, 0.2) is 54.6 Å². The summed E-state index contributed by atoms with van der Waals surface area (Å²) < 4.78 is 10.8. The lowest BCUT2D eigenvalue weighted by Crippen LogP contribution is -2.43. The highest BCUT2D eigenvalue weighted by Gasteiger charge is 2.55. The van der Waals surface area contributed by atoms with E-state index in [0.717, 1.165) is 32.8 Å². The van der Waals surface area contributed by atoms with E-state index in [9.17, 15) is 14.4 Å². The Morgan fingerprint density at radius 1 is 0.933 bits per heavy atom. The lowest BCUT2D eigenvalue weighted by atomic mass is 9.76. The first-order valence-electron chi connectivity index (χ1n) is 10.3. The van der Waals surface area contributed by atoms with Crippen molar-refractivity contribution in [2.24, 2.45) is 0 Å². The Balaban J connectivity index is 1.47. The molecule has 6 heteroatoms. The third-order valence-corrected chi connectivity index (χ3v) is 5.87. The molecule has 1 aliphatic heterocycles. The molecule has 1 fully saturated rings. The van der Waals surface area contributed by atoms with Crippen molar-refractivity contribution in [1.82, 2.24) is 4.90 Å². The number of benzene rings is 2. The Morgan fingerprint density at radius 3 is 2.17 bits per heavy atom. The van der Waals surface area contributed by atoms with Gasteiger partial charge in [-0.05, 0) is 18.5 Å². The van der Waals surface area contributed by atoms with E-state index in [-0.39, 0.29) is 24.6 Å². The fourth-order valence-corrected chi connectivity index (χ4v) is 4.17. The first-order chi connectivity index (χ1) is 14.6. The van der Waals surface area contributed by atoms with Gasteiger partial charge in [0.05, 0.1) is 13.2 Å². The fraction of sp³-hybridized carbons (Fsp3) is 0.375. The molecule has 0 unspecified atom stereocenters. The lowest BCUT2D eigenvalue weighted by Gasteiger charge is -2.27. The van der Waals surface area contributed by atoms with Gasteiger partial charge in [0.15, 0.2) is 17.0 Å². The number of rotatable bonds is 7. The molecule has 2 aromatic rings. The molecule has 30 heavy (non-hydrogen) atoms. The Hall–Kier alpha value is -2.83. The number of esters is 1. The average Bonchev–Trinajstić information content (AvgIpc) is 3.01. The van der Waals surface area contributed by atoms with Crippen LogP contribution >= 0.6 is 0 Å². The van der Waals surface area contributed by atoms with Crippen LogP contribution in [0.3, 0.4) is 0 Å². The summed E-state index contributed by atoms with van der Waals surface area (Å²) in [4.78, 5) is 41.3. The third kappa shape index (κ3) is 3.80. The summed E-state index contributed by atoms with van der Waals surface area (Å²) in [6.45, 7) is 3.69. The standard InChI is InChI=1S/C24H25NO5/c26-21(11-6-12-25-13-15-29-16-14-25)30-17-24(18-7-2-1-3-8-18)22(27)19-9-4-5-10-20(19)23(24)28/h1-5,7-10H,6,11-17H2. The zero-order chi connectivity index (χ0) is 21.0. The number of nitrogens with zero attached hydrogens (tertiary/aromatic N) is 1. The minimum atomic E-state index is -1.51. The second-order valence-corrected chi connectivity index (χ2v) is 7.69. The maximum Gasteiger partial charge on any atom is 0.305 e. The normalized spacial score (nSPS) is 18.3. The molecular formula is C24H25NO5. The monoisotopic (exact) mass is 407 g/mol. The van der Waals surface area contributed by atoms with Crippen LogP contribution in [0.25, 0.3) is 0 Å². The maximum absolute atomic E-state index is 13.3. The summed E-state index contributed by atoms with van der Waals surface area (Å²) in [6.07, 6.45) is 0.914. The van der Waals surface area contributed by atoms with Crippen molar-refractivity contribution in [2.75, 3.05) is 39.5 Å². The van der Waals surface area contributed by atoms with E-state index in [4.69, 9.17) is 9.47 Å². The van der Waals surface area contributed by atoms with E-state index in [0.29, 0.717) is 23.1 Å². The van der Waals surface area contributed by atoms with Crippen LogP contribution in [0, 0.1) is 0 Å². The Morgan fingerprint density at radius 2 is 1.53 bits per heavy atom. The molecule has 4 rings (SSSR count). The van der Waals surface area contributed by atoms with E-state index >= 15 is 0 Å². The van der Waals surface area contributed by atoms with Crippen molar-refractivity contribution >= 4 is 17.5 Å². The molecule has 1 aliphatic carbocycles. The Kier molecular flexibility index (Phi) is 6.06. The number of carbonyl (C=O) groups is 3. The number of ether oxygens (including phenoxy) is 2. The lowest BCUT2D eigenvalue weighted by molar-refractivity contribution is -0.144. The molecule has 2 aromatic carbocycles. The van der Waals surface area contributed by atoms with Crippen LogP contribution in [-0.2, 0) is 19.7 Å². The maximum atomic E-state index is 13.3. The SMILES string of the molecule is O=C(CCCN1CCOCC1)OCC1(c2ccccc2)C(=O)c2ccccc2C1=O. The minimum absolute atomic E-state index is 0.248. The van der Waals surface area contributed by atoms with Gasteiger partial charge in [0.1, 0.15) is 6.61 Å². The van der Waals surface area contributed by atoms with Crippen molar-refractivity contribution < 1.29 is 23.9 Å². The highest BCUT2D eigenvalue weighted by molar-refractivity contribution is 6.33.